The lowest BCUT2D eigenvalue weighted by Gasteiger charge is -2.14. The third-order valence-electron chi connectivity index (χ3n) is 1.84. The maximum absolute atomic E-state index is 11.5. The summed E-state index contributed by atoms with van der Waals surface area (Å²) in [6.07, 6.45) is 1.59. The molecule has 0 spiro atoms. The Morgan fingerprint density at radius 3 is 2.71 bits per heavy atom. The van der Waals surface area contributed by atoms with Crippen molar-refractivity contribution < 1.29 is 9.53 Å². The van der Waals surface area contributed by atoms with Crippen LogP contribution >= 0.6 is 12.2 Å². The summed E-state index contributed by atoms with van der Waals surface area (Å²) in [5.74, 6) is -0.441. The molecule has 1 unspecified atom stereocenters. The molecule has 1 amide bonds. The summed E-state index contributed by atoms with van der Waals surface area (Å²) in [6, 6.07) is 0. The molecule has 4 nitrogen and oxygen atoms in total. The standard InChI is InChI=1S/C9H18N2O2S/c1-3-4-7(8(10)14)9(12)11-5-6-13-2/h7H,3-6H2,1-2H3,(H2,10,14)(H,11,12). The van der Waals surface area contributed by atoms with E-state index < -0.39 is 0 Å². The summed E-state index contributed by atoms with van der Waals surface area (Å²) in [7, 11) is 1.59. The Balaban J connectivity index is 3.96. The number of ether oxygens (including phenoxy) is 1. The van der Waals surface area contributed by atoms with Crippen LogP contribution in [0.25, 0.3) is 0 Å². The highest BCUT2D eigenvalue weighted by molar-refractivity contribution is 7.80. The second kappa shape index (κ2) is 7.70. The van der Waals surface area contributed by atoms with Gasteiger partial charge in [0.1, 0.15) is 0 Å². The lowest BCUT2D eigenvalue weighted by molar-refractivity contribution is -0.123. The highest BCUT2D eigenvalue weighted by Gasteiger charge is 2.19. The molecule has 14 heavy (non-hydrogen) atoms. The molecule has 0 aliphatic heterocycles. The number of carbonyl (C=O) groups is 1. The number of hydrogen-bond donors (Lipinski definition) is 2. The Labute approximate surface area is 90.2 Å². The van der Waals surface area contributed by atoms with Gasteiger partial charge in [0.05, 0.1) is 17.5 Å². The number of rotatable bonds is 7. The zero-order valence-corrected chi connectivity index (χ0v) is 9.52. The van der Waals surface area contributed by atoms with Crippen LogP contribution in [0, 0.1) is 5.92 Å². The zero-order chi connectivity index (χ0) is 11.0. The van der Waals surface area contributed by atoms with Crippen LogP contribution in [0.2, 0.25) is 0 Å². The third-order valence-corrected chi connectivity index (χ3v) is 2.13. The molecule has 1 atom stereocenters. The Hall–Kier alpha value is -0.680. The van der Waals surface area contributed by atoms with E-state index in [1.165, 1.54) is 0 Å². The maximum atomic E-state index is 11.5. The van der Waals surface area contributed by atoms with Crippen LogP contribution in [0.15, 0.2) is 0 Å². The highest BCUT2D eigenvalue weighted by Crippen LogP contribution is 2.06. The molecule has 0 rings (SSSR count). The molecule has 0 heterocycles. The van der Waals surface area contributed by atoms with Gasteiger partial charge >= 0.3 is 0 Å². The molecule has 0 aromatic heterocycles. The molecule has 0 fully saturated rings. The van der Waals surface area contributed by atoms with Gasteiger partial charge in [0.2, 0.25) is 5.91 Å². The van der Waals surface area contributed by atoms with Crippen molar-refractivity contribution in [2.75, 3.05) is 20.3 Å². The Morgan fingerprint density at radius 2 is 2.29 bits per heavy atom. The molecule has 0 aromatic rings. The van der Waals surface area contributed by atoms with Crippen LogP contribution in [-0.4, -0.2) is 31.2 Å². The van der Waals surface area contributed by atoms with Crippen molar-refractivity contribution in [1.29, 1.82) is 0 Å². The van der Waals surface area contributed by atoms with Gasteiger partial charge in [0.25, 0.3) is 0 Å². The van der Waals surface area contributed by atoms with E-state index in [4.69, 9.17) is 22.7 Å². The van der Waals surface area contributed by atoms with E-state index in [1.54, 1.807) is 7.11 Å². The lowest BCUT2D eigenvalue weighted by Crippen LogP contribution is -2.39. The fourth-order valence-electron chi connectivity index (χ4n) is 1.09. The Bertz CT molecular complexity index is 197. The SMILES string of the molecule is CCCC(C(=O)NCCOC)C(N)=S. The highest BCUT2D eigenvalue weighted by atomic mass is 32.1. The van der Waals surface area contributed by atoms with Crippen molar-refractivity contribution in [2.45, 2.75) is 19.8 Å². The largest absolute Gasteiger partial charge is 0.393 e. The van der Waals surface area contributed by atoms with Crippen LogP contribution < -0.4 is 11.1 Å². The minimum atomic E-state index is -0.341. The average molecular weight is 218 g/mol. The molecule has 0 bridgehead atoms. The molecular formula is C9H18N2O2S. The minimum absolute atomic E-state index is 0.101. The van der Waals surface area contributed by atoms with Gasteiger partial charge in [0, 0.05) is 13.7 Å². The number of nitrogens with one attached hydrogen (secondary N) is 1. The maximum Gasteiger partial charge on any atom is 0.230 e. The van der Waals surface area contributed by atoms with E-state index in [1.807, 2.05) is 6.92 Å². The normalized spacial score (nSPS) is 12.1. The van der Waals surface area contributed by atoms with Crippen molar-refractivity contribution in [3.8, 4) is 0 Å². The van der Waals surface area contributed by atoms with Crippen molar-refractivity contribution >= 4 is 23.1 Å². The monoisotopic (exact) mass is 218 g/mol. The lowest BCUT2D eigenvalue weighted by atomic mass is 10.0. The zero-order valence-electron chi connectivity index (χ0n) is 8.71. The predicted octanol–water partition coefficient (Wildman–Crippen LogP) is 0.451. The van der Waals surface area contributed by atoms with E-state index in [2.05, 4.69) is 5.32 Å². The molecular weight excluding hydrogens is 200 g/mol. The number of amides is 1. The Morgan fingerprint density at radius 1 is 1.64 bits per heavy atom. The second-order valence-electron chi connectivity index (χ2n) is 3.03. The molecule has 3 N–H and O–H groups in total. The number of hydrogen-bond acceptors (Lipinski definition) is 3. The van der Waals surface area contributed by atoms with Gasteiger partial charge in [-0.3, -0.25) is 4.79 Å². The number of carbonyl (C=O) groups excluding carboxylic acids is 1. The van der Waals surface area contributed by atoms with Crippen LogP contribution in [0.4, 0.5) is 0 Å². The predicted molar refractivity (Wildman–Crippen MR) is 60.1 cm³/mol. The van der Waals surface area contributed by atoms with Gasteiger partial charge in [-0.2, -0.15) is 0 Å². The van der Waals surface area contributed by atoms with Crippen LogP contribution in [0.1, 0.15) is 19.8 Å². The van der Waals surface area contributed by atoms with Gasteiger partial charge in [-0.15, -0.1) is 0 Å². The van der Waals surface area contributed by atoms with Gasteiger partial charge in [-0.25, -0.2) is 0 Å². The van der Waals surface area contributed by atoms with Crippen molar-refractivity contribution in [2.24, 2.45) is 11.7 Å². The number of nitrogens with two attached hydrogens (primary N) is 1. The first kappa shape index (κ1) is 13.3. The van der Waals surface area contributed by atoms with Crippen LogP contribution in [-0.2, 0) is 9.53 Å². The number of thiocarbonyl (C=S) groups is 1. The van der Waals surface area contributed by atoms with E-state index in [0.29, 0.717) is 19.6 Å². The fraction of sp³-hybridized carbons (Fsp3) is 0.778. The molecule has 82 valence electrons. The fourth-order valence-corrected chi connectivity index (χ4v) is 1.32. The third kappa shape index (κ3) is 5.14. The van der Waals surface area contributed by atoms with Crippen molar-refractivity contribution in [1.82, 2.24) is 5.32 Å². The van der Waals surface area contributed by atoms with Gasteiger partial charge < -0.3 is 15.8 Å². The topological polar surface area (TPSA) is 64.3 Å². The molecule has 5 heteroatoms. The number of methoxy groups -OCH3 is 1. The molecule has 0 aromatic carbocycles. The second-order valence-corrected chi connectivity index (χ2v) is 3.50. The molecule has 0 saturated carbocycles. The van der Waals surface area contributed by atoms with Gasteiger partial charge in [-0.05, 0) is 6.42 Å². The molecule has 0 aliphatic carbocycles. The summed E-state index contributed by atoms with van der Waals surface area (Å²) < 4.78 is 4.81. The van der Waals surface area contributed by atoms with Gasteiger partial charge in [0.15, 0.2) is 0 Å². The van der Waals surface area contributed by atoms with E-state index in [0.717, 1.165) is 6.42 Å². The van der Waals surface area contributed by atoms with Crippen LogP contribution in [0.3, 0.4) is 0 Å². The summed E-state index contributed by atoms with van der Waals surface area (Å²) in [5, 5.41) is 2.72. The minimum Gasteiger partial charge on any atom is -0.393 e. The van der Waals surface area contributed by atoms with Gasteiger partial charge in [-0.1, -0.05) is 25.6 Å². The summed E-state index contributed by atoms with van der Waals surface area (Å²) >= 11 is 4.82. The Kier molecular flexibility index (Phi) is 7.32. The van der Waals surface area contributed by atoms with E-state index in [9.17, 15) is 4.79 Å². The first-order chi connectivity index (χ1) is 6.63. The molecule has 0 radical (unpaired) electrons. The smallest absolute Gasteiger partial charge is 0.230 e. The van der Waals surface area contributed by atoms with Crippen molar-refractivity contribution in [3.63, 3.8) is 0 Å². The summed E-state index contributed by atoms with van der Waals surface area (Å²) in [4.78, 5) is 11.8. The quantitative estimate of drug-likeness (QED) is 0.481. The summed E-state index contributed by atoms with van der Waals surface area (Å²) in [5.41, 5.74) is 5.47. The molecule has 0 saturated heterocycles. The van der Waals surface area contributed by atoms with Crippen LogP contribution in [0.5, 0.6) is 0 Å². The van der Waals surface area contributed by atoms with E-state index in [-0.39, 0.29) is 16.8 Å². The van der Waals surface area contributed by atoms with E-state index >= 15 is 0 Å². The first-order valence-corrected chi connectivity index (χ1v) is 5.10. The average Bonchev–Trinajstić information content (AvgIpc) is 2.13. The summed E-state index contributed by atoms with van der Waals surface area (Å²) in [6.45, 7) is 2.99. The van der Waals surface area contributed by atoms with Crippen molar-refractivity contribution in [3.05, 3.63) is 0 Å². The first-order valence-electron chi connectivity index (χ1n) is 4.69. The molecule has 0 aliphatic rings.